The van der Waals surface area contributed by atoms with Crippen molar-refractivity contribution in [2.24, 2.45) is 0 Å². The third-order valence-corrected chi connectivity index (χ3v) is 4.88. The Bertz CT molecular complexity index is 132. The molecule has 2 saturated heterocycles. The van der Waals surface area contributed by atoms with Gasteiger partial charge in [-0.3, -0.25) is 0 Å². The summed E-state index contributed by atoms with van der Waals surface area (Å²) in [6, 6.07) is 0. The van der Waals surface area contributed by atoms with Crippen LogP contribution in [-0.2, 0) is 18.1 Å². The molecule has 2 aliphatic heterocycles. The maximum atomic E-state index is 5.35. The summed E-state index contributed by atoms with van der Waals surface area (Å²) in [5.74, 6) is 0. The predicted molar refractivity (Wildman–Crippen MR) is 45.4 cm³/mol. The summed E-state index contributed by atoms with van der Waals surface area (Å²) in [6.45, 7) is 2.72. The van der Waals surface area contributed by atoms with E-state index in [4.69, 9.17) is 18.1 Å². The molecule has 2 rings (SSSR count). The zero-order chi connectivity index (χ0) is 8.39. The normalized spacial score (nSPS) is 27.5. The van der Waals surface area contributed by atoms with Gasteiger partial charge in [-0.05, 0) is 0 Å². The summed E-state index contributed by atoms with van der Waals surface area (Å²) in [5, 5.41) is 0. The van der Waals surface area contributed by atoms with Crippen molar-refractivity contribution in [3.8, 4) is 0 Å². The summed E-state index contributed by atoms with van der Waals surface area (Å²) in [4.78, 5) is 0. The summed E-state index contributed by atoms with van der Waals surface area (Å²) in [6.07, 6.45) is 0. The molecule has 2 heterocycles. The first-order valence-corrected chi connectivity index (χ1v) is 5.99. The fourth-order valence-corrected chi connectivity index (χ4v) is 3.77. The summed E-state index contributed by atoms with van der Waals surface area (Å²) in [7, 11) is 0.100. The molecule has 0 radical (unpaired) electrons. The number of hydrogen-bond donors (Lipinski definition) is 0. The fourth-order valence-electron chi connectivity index (χ4n) is 0.930. The molecule has 2 fully saturated rings. The molecule has 0 amide bonds. The van der Waals surface area contributed by atoms with E-state index in [1.165, 1.54) is 0 Å². The second-order valence-corrected chi connectivity index (χ2v) is 5.80. The van der Waals surface area contributed by atoms with Gasteiger partial charge >= 0.3 is 0 Å². The van der Waals surface area contributed by atoms with Crippen molar-refractivity contribution in [3.63, 3.8) is 0 Å². The lowest BCUT2D eigenvalue weighted by molar-refractivity contribution is 0.363. The van der Waals surface area contributed by atoms with Gasteiger partial charge in [0.2, 0.25) is 0 Å². The predicted octanol–water partition coefficient (Wildman–Crippen LogP) is 1.47. The van der Waals surface area contributed by atoms with Crippen molar-refractivity contribution in [1.29, 1.82) is 0 Å². The van der Waals surface area contributed by atoms with E-state index in [0.29, 0.717) is 26.4 Å². The van der Waals surface area contributed by atoms with Gasteiger partial charge in [-0.1, -0.05) is 0 Å². The Balaban J connectivity index is 1.84. The second kappa shape index (κ2) is 4.25. The number of hydrogen-bond acceptors (Lipinski definition) is 5. The highest BCUT2D eigenvalue weighted by molar-refractivity contribution is 7.60. The van der Waals surface area contributed by atoms with E-state index in [9.17, 15) is 0 Å². The van der Waals surface area contributed by atoms with Crippen LogP contribution in [0.3, 0.4) is 0 Å². The van der Waals surface area contributed by atoms with Crippen LogP contribution in [0.1, 0.15) is 0 Å². The highest BCUT2D eigenvalue weighted by Gasteiger charge is 2.33. The number of nitrogens with zero attached hydrogens (tertiary/aromatic N) is 1. The Morgan fingerprint density at radius 3 is 1.50 bits per heavy atom. The molecule has 0 spiro atoms. The highest BCUT2D eigenvalue weighted by atomic mass is 31.2. The Morgan fingerprint density at radius 2 is 1.17 bits per heavy atom. The molecule has 0 aliphatic carbocycles. The molecule has 0 bridgehead atoms. The average molecular weight is 211 g/mol. The van der Waals surface area contributed by atoms with Crippen molar-refractivity contribution < 1.29 is 18.1 Å². The van der Waals surface area contributed by atoms with Crippen molar-refractivity contribution in [2.75, 3.05) is 33.5 Å². The molecule has 5 nitrogen and oxygen atoms in total. The molecule has 7 heteroatoms. The van der Waals surface area contributed by atoms with Gasteiger partial charge in [-0.15, -0.1) is 0 Å². The van der Waals surface area contributed by atoms with Crippen LogP contribution in [-0.4, -0.2) is 37.9 Å². The van der Waals surface area contributed by atoms with Gasteiger partial charge in [-0.25, -0.2) is 0 Å². The summed E-state index contributed by atoms with van der Waals surface area (Å²) < 4.78 is 23.3. The quantitative estimate of drug-likeness (QED) is 0.646. The molecule has 0 aromatic carbocycles. The van der Waals surface area contributed by atoms with Crippen LogP contribution >= 0.6 is 17.1 Å². The van der Waals surface area contributed by atoms with Crippen molar-refractivity contribution in [3.05, 3.63) is 0 Å². The van der Waals surface area contributed by atoms with Gasteiger partial charge < -0.3 is 18.1 Å². The molecule has 0 unspecified atom stereocenters. The van der Waals surface area contributed by atoms with Crippen molar-refractivity contribution in [2.45, 2.75) is 0 Å². The highest BCUT2D eigenvalue weighted by Crippen LogP contribution is 2.60. The molecule has 0 N–H and O–H groups in total. The lowest BCUT2D eigenvalue weighted by atomic mass is 10.8. The zero-order valence-corrected chi connectivity index (χ0v) is 8.59. The summed E-state index contributed by atoms with van der Waals surface area (Å²) >= 11 is 0. The maximum Gasteiger partial charge on any atom is 0.266 e. The Kier molecular flexibility index (Phi) is 3.27. The lowest BCUT2D eigenvalue weighted by Crippen LogP contribution is -2.05. The molecule has 70 valence electrons. The Labute approximate surface area is 73.9 Å². The van der Waals surface area contributed by atoms with E-state index in [-0.39, 0.29) is 0 Å². The fraction of sp³-hybridized carbons (Fsp3) is 1.00. The van der Waals surface area contributed by atoms with Crippen LogP contribution in [0.15, 0.2) is 0 Å². The molecule has 0 aromatic rings. The summed E-state index contributed by atoms with van der Waals surface area (Å²) in [5.41, 5.74) is 0. The standard InChI is InChI=1S/C5H11NO4P2/c1-6(11-7-2-3-8-11)12-9-4-5-10-12/h2-5H2,1H3. The smallest absolute Gasteiger partial charge is 0.266 e. The van der Waals surface area contributed by atoms with Gasteiger partial charge in [0.15, 0.2) is 0 Å². The first-order valence-electron chi connectivity index (χ1n) is 3.73. The molecule has 12 heavy (non-hydrogen) atoms. The molecular formula is C5H11NO4P2. The van der Waals surface area contributed by atoms with Crippen LogP contribution in [0.25, 0.3) is 0 Å². The van der Waals surface area contributed by atoms with Crippen LogP contribution in [0.2, 0.25) is 0 Å². The Hall–Kier alpha value is 0.660. The topological polar surface area (TPSA) is 40.2 Å². The van der Waals surface area contributed by atoms with E-state index in [2.05, 4.69) is 0 Å². The molecule has 2 aliphatic rings. The number of rotatable bonds is 2. The third-order valence-electron chi connectivity index (χ3n) is 1.45. The van der Waals surface area contributed by atoms with Gasteiger partial charge in [0.25, 0.3) is 17.1 Å². The minimum absolute atomic E-state index is 0.680. The maximum absolute atomic E-state index is 5.35. The van der Waals surface area contributed by atoms with Crippen molar-refractivity contribution >= 4 is 17.1 Å². The lowest BCUT2D eigenvalue weighted by Gasteiger charge is -2.22. The van der Waals surface area contributed by atoms with Crippen LogP contribution in [0.5, 0.6) is 0 Å². The zero-order valence-electron chi connectivity index (χ0n) is 6.80. The van der Waals surface area contributed by atoms with Crippen LogP contribution in [0, 0.1) is 0 Å². The van der Waals surface area contributed by atoms with Gasteiger partial charge in [-0.2, -0.15) is 4.44 Å². The molecule has 0 aromatic heterocycles. The van der Waals surface area contributed by atoms with E-state index < -0.39 is 17.1 Å². The second-order valence-electron chi connectivity index (χ2n) is 2.30. The minimum Gasteiger partial charge on any atom is -0.319 e. The average Bonchev–Trinajstić information content (AvgIpc) is 2.77. The van der Waals surface area contributed by atoms with E-state index in [1.807, 2.05) is 11.5 Å². The minimum atomic E-state index is -0.905. The van der Waals surface area contributed by atoms with Gasteiger partial charge in [0.05, 0.1) is 26.4 Å². The van der Waals surface area contributed by atoms with Crippen LogP contribution < -0.4 is 0 Å². The molecular weight excluding hydrogens is 200 g/mol. The van der Waals surface area contributed by atoms with Crippen LogP contribution in [0.4, 0.5) is 0 Å². The van der Waals surface area contributed by atoms with E-state index in [0.717, 1.165) is 0 Å². The third kappa shape index (κ3) is 1.94. The van der Waals surface area contributed by atoms with E-state index in [1.54, 1.807) is 0 Å². The van der Waals surface area contributed by atoms with Crippen molar-refractivity contribution in [1.82, 2.24) is 4.44 Å². The van der Waals surface area contributed by atoms with Gasteiger partial charge in [0, 0.05) is 7.05 Å². The first kappa shape index (κ1) is 9.22. The largest absolute Gasteiger partial charge is 0.319 e. The van der Waals surface area contributed by atoms with Gasteiger partial charge in [0.1, 0.15) is 0 Å². The monoisotopic (exact) mass is 211 g/mol. The first-order chi connectivity index (χ1) is 5.88. The SMILES string of the molecule is CN(P1OCCO1)P1OCCO1. The molecule has 0 saturated carbocycles. The van der Waals surface area contributed by atoms with E-state index >= 15 is 0 Å². The molecule has 0 atom stereocenters. The Morgan fingerprint density at radius 1 is 0.833 bits per heavy atom.